The second kappa shape index (κ2) is 7.73. The number of ether oxygens (including phenoxy) is 2. The van der Waals surface area contributed by atoms with Gasteiger partial charge in [-0.3, -0.25) is 0 Å². The van der Waals surface area contributed by atoms with Crippen LogP contribution in [0.3, 0.4) is 0 Å². The minimum atomic E-state index is -0.602. The number of benzene rings is 2. The zero-order valence-electron chi connectivity index (χ0n) is 11.9. The van der Waals surface area contributed by atoms with Crippen LogP contribution in [0.15, 0.2) is 51.8 Å². The van der Waals surface area contributed by atoms with Crippen molar-refractivity contribution in [3.8, 4) is 11.5 Å². The highest BCUT2D eigenvalue weighted by molar-refractivity contribution is 9.10. The Bertz CT molecular complexity index is 604. The second-order valence-corrected chi connectivity index (χ2v) is 6.40. The summed E-state index contributed by atoms with van der Waals surface area (Å²) < 4.78 is 11.5. The van der Waals surface area contributed by atoms with Crippen LogP contribution in [0.4, 0.5) is 0 Å². The van der Waals surface area contributed by atoms with Gasteiger partial charge in [0, 0.05) is 26.8 Å². The normalized spacial score (nSPS) is 12.0. The minimum Gasteiger partial charge on any atom is -0.497 e. The maximum absolute atomic E-state index is 10.4. The smallest absolute Gasteiger partial charge is 0.128 e. The van der Waals surface area contributed by atoms with Crippen LogP contribution in [0, 0.1) is 0 Å². The number of halogens is 1. The molecule has 0 spiro atoms. The van der Waals surface area contributed by atoms with Crippen molar-refractivity contribution < 1.29 is 14.6 Å². The van der Waals surface area contributed by atoms with Crippen molar-refractivity contribution in [2.75, 3.05) is 20.0 Å². The molecule has 2 rings (SSSR count). The third-order valence-electron chi connectivity index (χ3n) is 3.00. The van der Waals surface area contributed by atoms with Gasteiger partial charge in [-0.15, -0.1) is 11.8 Å². The number of aliphatic hydroxyl groups is 1. The van der Waals surface area contributed by atoms with Crippen molar-refractivity contribution in [3.05, 3.63) is 52.5 Å². The third-order valence-corrected chi connectivity index (χ3v) is 4.57. The number of thioether (sulfide) groups is 1. The molecule has 112 valence electrons. The van der Waals surface area contributed by atoms with E-state index in [-0.39, 0.29) is 0 Å². The molecule has 0 radical (unpaired) electrons. The first-order chi connectivity index (χ1) is 10.1. The molecule has 0 aliphatic rings. The standard InChI is InChI=1S/C16H17BrO3S/c1-19-12-6-7-14(16(9-12)20-2)15(18)10-21-13-5-3-4-11(17)8-13/h3-9,15,18H,10H2,1-2H3. The summed E-state index contributed by atoms with van der Waals surface area (Å²) in [6.45, 7) is 0. The van der Waals surface area contributed by atoms with Gasteiger partial charge in [-0.25, -0.2) is 0 Å². The lowest BCUT2D eigenvalue weighted by Crippen LogP contribution is -2.03. The lowest BCUT2D eigenvalue weighted by molar-refractivity contribution is 0.199. The molecule has 0 bridgehead atoms. The summed E-state index contributed by atoms with van der Waals surface area (Å²) in [5.74, 6) is 1.90. The van der Waals surface area contributed by atoms with Gasteiger partial charge in [0.15, 0.2) is 0 Å². The van der Waals surface area contributed by atoms with E-state index in [0.29, 0.717) is 17.3 Å². The van der Waals surface area contributed by atoms with Gasteiger partial charge in [0.1, 0.15) is 11.5 Å². The molecule has 1 N–H and O–H groups in total. The summed E-state index contributed by atoms with van der Waals surface area (Å²) in [6.07, 6.45) is -0.602. The summed E-state index contributed by atoms with van der Waals surface area (Å²) in [5.41, 5.74) is 0.765. The number of rotatable bonds is 6. The Morgan fingerprint density at radius 3 is 2.62 bits per heavy atom. The van der Waals surface area contributed by atoms with E-state index in [0.717, 1.165) is 14.9 Å². The Labute approximate surface area is 137 Å². The molecule has 0 aliphatic heterocycles. The summed E-state index contributed by atoms with van der Waals surface area (Å²) in [7, 11) is 3.19. The molecule has 0 heterocycles. The Morgan fingerprint density at radius 2 is 1.95 bits per heavy atom. The quantitative estimate of drug-likeness (QED) is 0.771. The largest absolute Gasteiger partial charge is 0.497 e. The molecular weight excluding hydrogens is 352 g/mol. The number of aliphatic hydroxyl groups excluding tert-OH is 1. The van der Waals surface area contributed by atoms with Crippen LogP contribution in [0.1, 0.15) is 11.7 Å². The fourth-order valence-corrected chi connectivity index (χ4v) is 3.38. The van der Waals surface area contributed by atoms with E-state index in [2.05, 4.69) is 15.9 Å². The van der Waals surface area contributed by atoms with E-state index in [1.165, 1.54) is 0 Å². The van der Waals surface area contributed by atoms with Crippen molar-refractivity contribution in [3.63, 3.8) is 0 Å². The van der Waals surface area contributed by atoms with Crippen LogP contribution in [-0.4, -0.2) is 25.1 Å². The number of hydrogen-bond acceptors (Lipinski definition) is 4. The summed E-state index contributed by atoms with van der Waals surface area (Å²) >= 11 is 5.04. The SMILES string of the molecule is COc1ccc(C(O)CSc2cccc(Br)c2)c(OC)c1. The van der Waals surface area contributed by atoms with E-state index in [4.69, 9.17) is 9.47 Å². The Balaban J connectivity index is 2.07. The average molecular weight is 369 g/mol. The summed E-state index contributed by atoms with van der Waals surface area (Å²) in [4.78, 5) is 1.11. The van der Waals surface area contributed by atoms with E-state index in [9.17, 15) is 5.11 Å². The zero-order valence-corrected chi connectivity index (χ0v) is 14.3. The van der Waals surface area contributed by atoms with Gasteiger partial charge in [0.25, 0.3) is 0 Å². The number of hydrogen-bond donors (Lipinski definition) is 1. The van der Waals surface area contributed by atoms with Crippen molar-refractivity contribution in [1.82, 2.24) is 0 Å². The molecule has 0 aromatic heterocycles. The van der Waals surface area contributed by atoms with Crippen molar-refractivity contribution in [2.24, 2.45) is 0 Å². The third kappa shape index (κ3) is 4.40. The van der Waals surface area contributed by atoms with Crippen LogP contribution in [0.25, 0.3) is 0 Å². The van der Waals surface area contributed by atoms with E-state index >= 15 is 0 Å². The minimum absolute atomic E-state index is 0.555. The molecule has 1 atom stereocenters. The first kappa shape index (κ1) is 16.2. The predicted molar refractivity (Wildman–Crippen MR) is 89.4 cm³/mol. The maximum Gasteiger partial charge on any atom is 0.128 e. The van der Waals surface area contributed by atoms with Crippen molar-refractivity contribution in [2.45, 2.75) is 11.0 Å². The summed E-state index contributed by atoms with van der Waals surface area (Å²) in [5, 5.41) is 10.4. The molecule has 0 saturated carbocycles. The fourth-order valence-electron chi connectivity index (χ4n) is 1.92. The highest BCUT2D eigenvalue weighted by Crippen LogP contribution is 2.33. The van der Waals surface area contributed by atoms with Gasteiger partial charge >= 0.3 is 0 Å². The van der Waals surface area contributed by atoms with E-state index in [1.54, 1.807) is 32.0 Å². The van der Waals surface area contributed by atoms with Gasteiger partial charge in [-0.1, -0.05) is 22.0 Å². The Morgan fingerprint density at radius 1 is 1.14 bits per heavy atom. The first-order valence-electron chi connectivity index (χ1n) is 6.42. The van der Waals surface area contributed by atoms with Gasteiger partial charge in [-0.05, 0) is 30.3 Å². The highest BCUT2D eigenvalue weighted by atomic mass is 79.9. The molecule has 0 saturated heterocycles. The van der Waals surface area contributed by atoms with Crippen LogP contribution in [-0.2, 0) is 0 Å². The molecule has 0 fully saturated rings. The van der Waals surface area contributed by atoms with Crippen LogP contribution >= 0.6 is 27.7 Å². The lowest BCUT2D eigenvalue weighted by atomic mass is 10.1. The zero-order chi connectivity index (χ0) is 15.2. The van der Waals surface area contributed by atoms with Crippen LogP contribution < -0.4 is 9.47 Å². The van der Waals surface area contributed by atoms with Gasteiger partial charge in [0.05, 0.1) is 20.3 Å². The number of methoxy groups -OCH3 is 2. The summed E-state index contributed by atoms with van der Waals surface area (Å²) in [6, 6.07) is 13.5. The highest BCUT2D eigenvalue weighted by Gasteiger charge is 2.14. The van der Waals surface area contributed by atoms with Crippen molar-refractivity contribution >= 4 is 27.7 Å². The molecule has 2 aromatic rings. The molecule has 1 unspecified atom stereocenters. The van der Waals surface area contributed by atoms with E-state index in [1.807, 2.05) is 36.4 Å². The van der Waals surface area contributed by atoms with Gasteiger partial charge in [0.2, 0.25) is 0 Å². The average Bonchev–Trinajstić information content (AvgIpc) is 2.52. The van der Waals surface area contributed by atoms with Crippen molar-refractivity contribution in [1.29, 1.82) is 0 Å². The molecular formula is C16H17BrO3S. The van der Waals surface area contributed by atoms with Crippen LogP contribution in [0.5, 0.6) is 11.5 Å². The molecule has 3 nitrogen and oxygen atoms in total. The molecule has 2 aromatic carbocycles. The second-order valence-electron chi connectivity index (χ2n) is 4.39. The molecule has 5 heteroatoms. The Hall–Kier alpha value is -1.17. The van der Waals surface area contributed by atoms with Gasteiger partial charge in [-0.2, -0.15) is 0 Å². The monoisotopic (exact) mass is 368 g/mol. The molecule has 0 aliphatic carbocycles. The van der Waals surface area contributed by atoms with E-state index < -0.39 is 6.10 Å². The predicted octanol–water partition coefficient (Wildman–Crippen LogP) is 4.29. The Kier molecular flexibility index (Phi) is 5.96. The van der Waals surface area contributed by atoms with Crippen LogP contribution in [0.2, 0.25) is 0 Å². The lowest BCUT2D eigenvalue weighted by Gasteiger charge is -2.15. The molecule has 0 amide bonds. The molecule has 21 heavy (non-hydrogen) atoms. The fraction of sp³-hybridized carbons (Fsp3) is 0.250. The topological polar surface area (TPSA) is 38.7 Å². The van der Waals surface area contributed by atoms with Gasteiger partial charge < -0.3 is 14.6 Å². The first-order valence-corrected chi connectivity index (χ1v) is 8.20. The maximum atomic E-state index is 10.4.